The van der Waals surface area contributed by atoms with E-state index < -0.39 is 0 Å². The third kappa shape index (κ3) is 4.80. The number of hydrogen-bond acceptors (Lipinski definition) is 4. The molecule has 1 fully saturated rings. The lowest BCUT2D eigenvalue weighted by molar-refractivity contribution is -0.132. The highest BCUT2D eigenvalue weighted by Crippen LogP contribution is 2.19. The zero-order valence-corrected chi connectivity index (χ0v) is 13.5. The first-order valence-corrected chi connectivity index (χ1v) is 8.02. The summed E-state index contributed by atoms with van der Waals surface area (Å²) in [5, 5.41) is 2.96. The molecule has 2 rings (SSSR count). The summed E-state index contributed by atoms with van der Waals surface area (Å²) in [6.45, 7) is 5.09. The van der Waals surface area contributed by atoms with E-state index in [1.807, 2.05) is 12.1 Å². The number of ether oxygens (including phenoxy) is 1. The monoisotopic (exact) mass is 305 g/mol. The molecule has 0 aromatic heterocycles. The van der Waals surface area contributed by atoms with Crippen molar-refractivity contribution in [2.24, 2.45) is 5.73 Å². The van der Waals surface area contributed by atoms with Crippen molar-refractivity contribution in [1.82, 2.24) is 10.2 Å². The van der Waals surface area contributed by atoms with E-state index in [1.54, 1.807) is 0 Å². The summed E-state index contributed by atoms with van der Waals surface area (Å²) in [5.41, 5.74) is 7.94. The molecule has 0 spiro atoms. The maximum atomic E-state index is 12.1. The van der Waals surface area contributed by atoms with Crippen LogP contribution in [0.4, 0.5) is 0 Å². The van der Waals surface area contributed by atoms with Crippen LogP contribution in [0.5, 0.6) is 0 Å². The van der Waals surface area contributed by atoms with Gasteiger partial charge in [0, 0.05) is 19.6 Å². The van der Waals surface area contributed by atoms with E-state index in [0.29, 0.717) is 13.1 Å². The summed E-state index contributed by atoms with van der Waals surface area (Å²) in [6, 6.07) is 8.33. The van der Waals surface area contributed by atoms with Crippen LogP contribution in [0, 0.1) is 0 Å². The Bertz CT molecular complexity index is 493. The van der Waals surface area contributed by atoms with Gasteiger partial charge in [-0.15, -0.1) is 0 Å². The van der Waals surface area contributed by atoms with E-state index in [-0.39, 0.29) is 18.1 Å². The van der Waals surface area contributed by atoms with Crippen molar-refractivity contribution in [3.05, 3.63) is 35.4 Å². The van der Waals surface area contributed by atoms with Gasteiger partial charge in [-0.2, -0.15) is 0 Å². The third-order valence-electron chi connectivity index (χ3n) is 4.11. The number of rotatable bonds is 7. The van der Waals surface area contributed by atoms with Crippen LogP contribution in [-0.2, 0) is 22.6 Å². The van der Waals surface area contributed by atoms with Gasteiger partial charge < -0.3 is 20.7 Å². The molecule has 0 radical (unpaired) electrons. The van der Waals surface area contributed by atoms with Crippen LogP contribution in [-0.4, -0.2) is 43.2 Å². The standard InChI is InChI=1S/C17H27N3O2/c1-3-20(2)12-14-6-4-5-13(9-14)11-19-17(21)16-8-7-15(10-18)22-16/h4-6,9,15-16H,3,7-8,10-12,18H2,1-2H3,(H,19,21)/t15-,16+/m1/s1. The van der Waals surface area contributed by atoms with Gasteiger partial charge in [-0.05, 0) is 37.6 Å². The molecule has 1 aliphatic heterocycles. The largest absolute Gasteiger partial charge is 0.364 e. The number of nitrogens with zero attached hydrogens (tertiary/aromatic N) is 1. The molecule has 1 aromatic carbocycles. The number of carbonyl (C=O) groups excluding carboxylic acids is 1. The SMILES string of the molecule is CCN(C)Cc1cccc(CNC(=O)[C@@H]2CC[C@H](CN)O2)c1. The van der Waals surface area contributed by atoms with Crippen LogP contribution in [0.15, 0.2) is 24.3 Å². The predicted octanol–water partition coefficient (Wildman–Crippen LogP) is 1.26. The normalized spacial score (nSPS) is 21.3. The van der Waals surface area contributed by atoms with Crippen molar-refractivity contribution in [3.63, 3.8) is 0 Å². The van der Waals surface area contributed by atoms with Gasteiger partial charge in [0.2, 0.25) is 5.91 Å². The van der Waals surface area contributed by atoms with Gasteiger partial charge >= 0.3 is 0 Å². The van der Waals surface area contributed by atoms with E-state index in [0.717, 1.165) is 31.5 Å². The van der Waals surface area contributed by atoms with E-state index >= 15 is 0 Å². The molecule has 1 aromatic rings. The van der Waals surface area contributed by atoms with E-state index in [2.05, 4.69) is 36.3 Å². The zero-order chi connectivity index (χ0) is 15.9. The molecule has 1 aliphatic rings. The fourth-order valence-corrected chi connectivity index (χ4v) is 2.64. The first kappa shape index (κ1) is 16.9. The highest BCUT2D eigenvalue weighted by molar-refractivity contribution is 5.81. The van der Waals surface area contributed by atoms with Crippen molar-refractivity contribution in [3.8, 4) is 0 Å². The van der Waals surface area contributed by atoms with E-state index in [4.69, 9.17) is 10.5 Å². The van der Waals surface area contributed by atoms with Crippen molar-refractivity contribution >= 4 is 5.91 Å². The fraction of sp³-hybridized carbons (Fsp3) is 0.588. The molecule has 0 aliphatic carbocycles. The molecule has 1 heterocycles. The summed E-state index contributed by atoms with van der Waals surface area (Å²) in [6.07, 6.45) is 1.31. The number of hydrogen-bond donors (Lipinski definition) is 2. The Hall–Kier alpha value is -1.43. The lowest BCUT2D eigenvalue weighted by Crippen LogP contribution is -2.35. The van der Waals surface area contributed by atoms with Gasteiger partial charge in [-0.1, -0.05) is 31.2 Å². The minimum absolute atomic E-state index is 0.0312. The van der Waals surface area contributed by atoms with Gasteiger partial charge in [-0.3, -0.25) is 4.79 Å². The van der Waals surface area contributed by atoms with Gasteiger partial charge in [0.15, 0.2) is 0 Å². The van der Waals surface area contributed by atoms with Crippen molar-refractivity contribution in [2.45, 2.75) is 45.1 Å². The van der Waals surface area contributed by atoms with E-state index in [9.17, 15) is 4.79 Å². The molecule has 0 saturated carbocycles. The molecular weight excluding hydrogens is 278 g/mol. The van der Waals surface area contributed by atoms with Crippen LogP contribution >= 0.6 is 0 Å². The summed E-state index contributed by atoms with van der Waals surface area (Å²) in [7, 11) is 2.10. The van der Waals surface area contributed by atoms with Crippen molar-refractivity contribution in [1.29, 1.82) is 0 Å². The Labute approximate surface area is 132 Å². The minimum Gasteiger partial charge on any atom is -0.364 e. The molecule has 1 amide bonds. The summed E-state index contributed by atoms with van der Waals surface area (Å²) in [5.74, 6) is -0.0352. The van der Waals surface area contributed by atoms with Crippen LogP contribution in [0.1, 0.15) is 30.9 Å². The Morgan fingerprint density at radius 3 is 2.86 bits per heavy atom. The molecule has 22 heavy (non-hydrogen) atoms. The number of carbonyl (C=O) groups is 1. The zero-order valence-electron chi connectivity index (χ0n) is 13.5. The summed E-state index contributed by atoms with van der Waals surface area (Å²) < 4.78 is 5.61. The van der Waals surface area contributed by atoms with E-state index in [1.165, 1.54) is 5.56 Å². The van der Waals surface area contributed by atoms with Crippen LogP contribution in [0.25, 0.3) is 0 Å². The molecule has 0 bridgehead atoms. The Kier molecular flexibility index (Phi) is 6.36. The number of nitrogens with two attached hydrogens (primary N) is 1. The average molecular weight is 305 g/mol. The maximum absolute atomic E-state index is 12.1. The second-order valence-electron chi connectivity index (χ2n) is 5.93. The quantitative estimate of drug-likeness (QED) is 0.796. The predicted molar refractivity (Wildman–Crippen MR) is 87.2 cm³/mol. The smallest absolute Gasteiger partial charge is 0.249 e. The number of amides is 1. The topological polar surface area (TPSA) is 67.6 Å². The lowest BCUT2D eigenvalue weighted by Gasteiger charge is -2.15. The Balaban J connectivity index is 1.83. The Morgan fingerprint density at radius 1 is 1.41 bits per heavy atom. The highest BCUT2D eigenvalue weighted by Gasteiger charge is 2.29. The van der Waals surface area contributed by atoms with Crippen LogP contribution in [0.2, 0.25) is 0 Å². The van der Waals surface area contributed by atoms with Crippen molar-refractivity contribution < 1.29 is 9.53 Å². The molecule has 1 saturated heterocycles. The fourth-order valence-electron chi connectivity index (χ4n) is 2.64. The second kappa shape index (κ2) is 8.27. The first-order valence-electron chi connectivity index (χ1n) is 8.02. The minimum atomic E-state index is -0.344. The summed E-state index contributed by atoms with van der Waals surface area (Å²) >= 11 is 0. The molecule has 122 valence electrons. The van der Waals surface area contributed by atoms with Crippen LogP contribution < -0.4 is 11.1 Å². The Morgan fingerprint density at radius 2 is 2.18 bits per heavy atom. The lowest BCUT2D eigenvalue weighted by atomic mass is 10.1. The van der Waals surface area contributed by atoms with Crippen molar-refractivity contribution in [2.75, 3.05) is 20.1 Å². The van der Waals surface area contributed by atoms with Crippen LogP contribution in [0.3, 0.4) is 0 Å². The first-order chi connectivity index (χ1) is 10.6. The van der Waals surface area contributed by atoms with Gasteiger partial charge in [0.1, 0.15) is 6.10 Å². The molecule has 5 nitrogen and oxygen atoms in total. The highest BCUT2D eigenvalue weighted by atomic mass is 16.5. The van der Waals surface area contributed by atoms with Gasteiger partial charge in [-0.25, -0.2) is 0 Å². The second-order valence-corrected chi connectivity index (χ2v) is 5.93. The molecule has 0 unspecified atom stereocenters. The van der Waals surface area contributed by atoms with Gasteiger partial charge in [0.05, 0.1) is 6.10 Å². The van der Waals surface area contributed by atoms with Gasteiger partial charge in [0.25, 0.3) is 0 Å². The molecular formula is C17H27N3O2. The summed E-state index contributed by atoms with van der Waals surface area (Å²) in [4.78, 5) is 14.4. The molecule has 2 atom stereocenters. The molecule has 3 N–H and O–H groups in total. The maximum Gasteiger partial charge on any atom is 0.249 e. The molecule has 5 heteroatoms. The number of benzene rings is 1. The average Bonchev–Trinajstić information content (AvgIpc) is 3.02. The third-order valence-corrected chi connectivity index (χ3v) is 4.11. The number of nitrogens with one attached hydrogen (secondary N) is 1.